The van der Waals surface area contributed by atoms with E-state index in [1.54, 1.807) is 0 Å². The molecule has 0 heterocycles. The highest BCUT2D eigenvalue weighted by Crippen LogP contribution is 2.36. The zero-order chi connectivity index (χ0) is 10.9. The molecule has 0 unspecified atom stereocenters. The van der Waals surface area contributed by atoms with Crippen LogP contribution in [0.4, 0.5) is 0 Å². The van der Waals surface area contributed by atoms with Gasteiger partial charge in [-0.15, -0.1) is 0 Å². The predicted molar refractivity (Wildman–Crippen MR) is 62.8 cm³/mol. The molecule has 0 fully saturated rings. The second-order valence-electron chi connectivity index (χ2n) is 4.03. The van der Waals surface area contributed by atoms with E-state index in [4.69, 9.17) is 28.9 Å². The first-order valence-corrected chi connectivity index (χ1v) is 5.36. The van der Waals surface area contributed by atoms with Gasteiger partial charge in [-0.1, -0.05) is 43.1 Å². The number of nitrogens with two attached hydrogens (primary N) is 1. The molecular formula is C11H15Cl2N. The van der Waals surface area contributed by atoms with Crippen molar-refractivity contribution in [3.8, 4) is 0 Å². The Balaban J connectivity index is 3.31. The molecule has 0 aliphatic rings. The van der Waals surface area contributed by atoms with Gasteiger partial charge in [-0.3, -0.25) is 0 Å². The Morgan fingerprint density at radius 3 is 2.00 bits per heavy atom. The molecule has 0 spiro atoms. The summed E-state index contributed by atoms with van der Waals surface area (Å²) >= 11 is 12.2. The first kappa shape index (κ1) is 11.8. The first-order valence-electron chi connectivity index (χ1n) is 4.60. The van der Waals surface area contributed by atoms with Crippen LogP contribution in [0.25, 0.3) is 0 Å². The summed E-state index contributed by atoms with van der Waals surface area (Å²) in [7, 11) is 0. The molecule has 0 saturated carbocycles. The Morgan fingerprint density at radius 1 is 1.21 bits per heavy atom. The minimum atomic E-state index is -0.491. The predicted octanol–water partition coefficient (Wildman–Crippen LogP) is 3.82. The van der Waals surface area contributed by atoms with Gasteiger partial charge in [0.1, 0.15) is 0 Å². The first-order chi connectivity index (χ1) is 6.37. The molecule has 0 aromatic heterocycles. The Bertz CT molecular complexity index is 312. The van der Waals surface area contributed by atoms with E-state index in [1.807, 2.05) is 25.1 Å². The third kappa shape index (κ3) is 2.05. The van der Waals surface area contributed by atoms with E-state index in [-0.39, 0.29) is 5.92 Å². The van der Waals surface area contributed by atoms with Crippen LogP contribution in [0.2, 0.25) is 10.0 Å². The maximum atomic E-state index is 6.21. The van der Waals surface area contributed by atoms with Crippen molar-refractivity contribution in [1.29, 1.82) is 0 Å². The van der Waals surface area contributed by atoms with Crippen molar-refractivity contribution < 1.29 is 0 Å². The highest BCUT2D eigenvalue weighted by molar-refractivity contribution is 6.36. The number of hydrogen-bond acceptors (Lipinski definition) is 1. The smallest absolute Gasteiger partial charge is 0.0471 e. The van der Waals surface area contributed by atoms with Gasteiger partial charge in [0.2, 0.25) is 0 Å². The van der Waals surface area contributed by atoms with E-state index in [0.29, 0.717) is 10.0 Å². The average Bonchev–Trinajstić information content (AvgIpc) is 2.02. The molecule has 14 heavy (non-hydrogen) atoms. The van der Waals surface area contributed by atoms with Crippen LogP contribution in [0.1, 0.15) is 26.3 Å². The van der Waals surface area contributed by atoms with Gasteiger partial charge in [0, 0.05) is 21.1 Å². The number of hydrogen-bond donors (Lipinski definition) is 1. The molecular weight excluding hydrogens is 217 g/mol. The largest absolute Gasteiger partial charge is 0.321 e. The summed E-state index contributed by atoms with van der Waals surface area (Å²) in [5, 5.41) is 1.27. The highest BCUT2D eigenvalue weighted by atomic mass is 35.5. The normalized spacial score (nSPS) is 15.6. The second-order valence-corrected chi connectivity index (χ2v) is 4.85. The molecule has 0 aliphatic heterocycles. The van der Waals surface area contributed by atoms with Gasteiger partial charge < -0.3 is 5.73 Å². The van der Waals surface area contributed by atoms with E-state index in [1.165, 1.54) is 0 Å². The van der Waals surface area contributed by atoms with Crippen LogP contribution in [0.5, 0.6) is 0 Å². The zero-order valence-corrected chi connectivity index (χ0v) is 10.2. The van der Waals surface area contributed by atoms with Gasteiger partial charge in [0.15, 0.2) is 0 Å². The lowest BCUT2D eigenvalue weighted by molar-refractivity contribution is 0.351. The molecule has 1 aromatic rings. The minimum Gasteiger partial charge on any atom is -0.321 e. The summed E-state index contributed by atoms with van der Waals surface area (Å²) in [6.07, 6.45) is 0. The molecule has 0 saturated heterocycles. The molecule has 1 atom stereocenters. The fourth-order valence-corrected chi connectivity index (χ4v) is 2.11. The van der Waals surface area contributed by atoms with Crippen molar-refractivity contribution in [2.45, 2.75) is 26.3 Å². The van der Waals surface area contributed by atoms with E-state index in [9.17, 15) is 0 Å². The third-order valence-corrected chi connectivity index (χ3v) is 3.33. The van der Waals surface area contributed by atoms with Crippen LogP contribution >= 0.6 is 23.2 Å². The van der Waals surface area contributed by atoms with Crippen molar-refractivity contribution in [3.63, 3.8) is 0 Å². The van der Waals surface area contributed by atoms with Gasteiger partial charge in [-0.2, -0.15) is 0 Å². The fourth-order valence-electron chi connectivity index (χ4n) is 1.30. The lowest BCUT2D eigenvalue weighted by atomic mass is 9.82. The molecule has 0 radical (unpaired) electrons. The Hall–Kier alpha value is -0.240. The molecule has 1 aromatic carbocycles. The monoisotopic (exact) mass is 231 g/mol. The lowest BCUT2D eigenvalue weighted by Gasteiger charge is -2.31. The van der Waals surface area contributed by atoms with Crippen LogP contribution in [-0.2, 0) is 5.54 Å². The van der Waals surface area contributed by atoms with Crippen molar-refractivity contribution in [2.75, 3.05) is 0 Å². The van der Waals surface area contributed by atoms with Crippen LogP contribution in [0.3, 0.4) is 0 Å². The topological polar surface area (TPSA) is 26.0 Å². The second kappa shape index (κ2) is 4.09. The van der Waals surface area contributed by atoms with Crippen LogP contribution in [0, 0.1) is 5.92 Å². The van der Waals surface area contributed by atoms with Crippen molar-refractivity contribution >= 4 is 23.2 Å². The summed E-state index contributed by atoms with van der Waals surface area (Å²) in [5.74, 6) is 0.278. The number of halogens is 2. The molecule has 0 bridgehead atoms. The summed E-state index contributed by atoms with van der Waals surface area (Å²) in [6, 6.07) is 5.46. The summed E-state index contributed by atoms with van der Waals surface area (Å²) in [6.45, 7) is 6.06. The molecule has 0 aliphatic carbocycles. The van der Waals surface area contributed by atoms with Gasteiger partial charge in [-0.05, 0) is 25.0 Å². The van der Waals surface area contributed by atoms with Crippen molar-refractivity contribution in [2.24, 2.45) is 11.7 Å². The van der Waals surface area contributed by atoms with Crippen LogP contribution in [0.15, 0.2) is 18.2 Å². The number of benzene rings is 1. The van der Waals surface area contributed by atoms with Crippen molar-refractivity contribution in [3.05, 3.63) is 33.8 Å². The summed E-state index contributed by atoms with van der Waals surface area (Å²) in [5.41, 5.74) is 6.55. The minimum absolute atomic E-state index is 0.278. The van der Waals surface area contributed by atoms with Crippen LogP contribution < -0.4 is 5.73 Å². The van der Waals surface area contributed by atoms with Gasteiger partial charge >= 0.3 is 0 Å². The maximum absolute atomic E-state index is 6.21. The average molecular weight is 232 g/mol. The molecule has 78 valence electrons. The van der Waals surface area contributed by atoms with E-state index < -0.39 is 5.54 Å². The Morgan fingerprint density at radius 2 is 1.64 bits per heavy atom. The summed E-state index contributed by atoms with van der Waals surface area (Å²) in [4.78, 5) is 0. The zero-order valence-electron chi connectivity index (χ0n) is 8.64. The molecule has 0 amide bonds. The fraction of sp³-hybridized carbons (Fsp3) is 0.455. The van der Waals surface area contributed by atoms with E-state index in [2.05, 4.69) is 13.8 Å². The number of rotatable bonds is 2. The third-order valence-electron chi connectivity index (χ3n) is 2.70. The lowest BCUT2D eigenvalue weighted by Crippen LogP contribution is -2.39. The van der Waals surface area contributed by atoms with Gasteiger partial charge in [0.25, 0.3) is 0 Å². The van der Waals surface area contributed by atoms with E-state index >= 15 is 0 Å². The molecule has 1 nitrogen and oxygen atoms in total. The summed E-state index contributed by atoms with van der Waals surface area (Å²) < 4.78 is 0. The Kier molecular flexibility index (Phi) is 3.46. The Labute approximate surface area is 95.2 Å². The van der Waals surface area contributed by atoms with Gasteiger partial charge in [0.05, 0.1) is 0 Å². The SMILES string of the molecule is CC(C)[C@](C)(N)c1c(Cl)cccc1Cl. The van der Waals surface area contributed by atoms with E-state index in [0.717, 1.165) is 5.56 Å². The standard InChI is InChI=1S/C11H15Cl2N/c1-7(2)11(3,14)10-8(12)5-4-6-9(10)13/h4-7H,14H2,1-3H3/t11-/m0/s1. The molecule has 2 N–H and O–H groups in total. The highest BCUT2D eigenvalue weighted by Gasteiger charge is 2.29. The molecule has 3 heteroatoms. The quantitative estimate of drug-likeness (QED) is 0.823. The van der Waals surface area contributed by atoms with Crippen molar-refractivity contribution in [1.82, 2.24) is 0 Å². The van der Waals surface area contributed by atoms with Gasteiger partial charge in [-0.25, -0.2) is 0 Å². The maximum Gasteiger partial charge on any atom is 0.0471 e. The molecule has 1 rings (SSSR count). The van der Waals surface area contributed by atoms with Crippen LogP contribution in [-0.4, -0.2) is 0 Å².